The number of carbonyl (C=O) groups is 2. The molecule has 1 aliphatic carbocycles. The van der Waals surface area contributed by atoms with Crippen molar-refractivity contribution in [1.82, 2.24) is 9.80 Å². The van der Waals surface area contributed by atoms with Gasteiger partial charge < -0.3 is 14.9 Å². The Morgan fingerprint density at radius 1 is 1.35 bits per heavy atom. The monoisotopic (exact) mass is 282 g/mol. The molecule has 0 aromatic carbocycles. The van der Waals surface area contributed by atoms with Gasteiger partial charge in [0.1, 0.15) is 6.04 Å². The third-order valence-electron chi connectivity index (χ3n) is 5.15. The maximum atomic E-state index is 12.7. The van der Waals surface area contributed by atoms with Gasteiger partial charge in [-0.05, 0) is 38.5 Å². The average Bonchev–Trinajstić information content (AvgIpc) is 2.84. The van der Waals surface area contributed by atoms with Crippen LogP contribution in [0.25, 0.3) is 0 Å². The van der Waals surface area contributed by atoms with E-state index < -0.39 is 12.0 Å². The van der Waals surface area contributed by atoms with Gasteiger partial charge in [0.25, 0.3) is 0 Å². The van der Waals surface area contributed by atoms with E-state index in [2.05, 4.69) is 0 Å². The van der Waals surface area contributed by atoms with Gasteiger partial charge in [-0.15, -0.1) is 0 Å². The van der Waals surface area contributed by atoms with E-state index in [0.29, 0.717) is 12.3 Å². The van der Waals surface area contributed by atoms with Gasteiger partial charge in [0.05, 0.1) is 0 Å². The molecule has 4 unspecified atom stereocenters. The number of rotatable bonds is 3. The number of carboxylic acids is 1. The molecule has 1 saturated carbocycles. The van der Waals surface area contributed by atoms with E-state index in [1.165, 1.54) is 0 Å². The molecule has 1 saturated heterocycles. The molecule has 0 bridgehead atoms. The lowest BCUT2D eigenvalue weighted by molar-refractivity contribution is -0.141. The van der Waals surface area contributed by atoms with Crippen LogP contribution in [-0.2, 0) is 4.79 Å². The van der Waals surface area contributed by atoms with Crippen LogP contribution in [0.2, 0.25) is 0 Å². The third kappa shape index (κ3) is 2.63. The molecule has 2 amide bonds. The molecule has 0 aromatic rings. The summed E-state index contributed by atoms with van der Waals surface area (Å²) in [7, 11) is 1.78. The fraction of sp³-hybridized carbons (Fsp3) is 0.867. The molecule has 0 aromatic heterocycles. The molecule has 2 rings (SSSR count). The number of amides is 2. The Hall–Kier alpha value is -1.26. The van der Waals surface area contributed by atoms with Crippen LogP contribution < -0.4 is 0 Å². The van der Waals surface area contributed by atoms with Crippen molar-refractivity contribution in [1.29, 1.82) is 0 Å². The number of nitrogens with zero attached hydrogens (tertiary/aromatic N) is 2. The van der Waals surface area contributed by atoms with Crippen molar-refractivity contribution in [2.45, 2.75) is 70.5 Å². The SMILES string of the molecule is CCC(C)N(C)C(=O)N1C(C(=O)O)CC2CCCCC21. The molecule has 2 aliphatic rings. The Kier molecular flexibility index (Phi) is 4.55. The van der Waals surface area contributed by atoms with Crippen molar-refractivity contribution in [3.63, 3.8) is 0 Å². The van der Waals surface area contributed by atoms with E-state index >= 15 is 0 Å². The van der Waals surface area contributed by atoms with Crippen LogP contribution >= 0.6 is 0 Å². The Balaban J connectivity index is 2.20. The second-order valence-electron chi connectivity index (χ2n) is 6.26. The van der Waals surface area contributed by atoms with Crippen molar-refractivity contribution in [3.8, 4) is 0 Å². The first-order chi connectivity index (χ1) is 9.47. The van der Waals surface area contributed by atoms with Gasteiger partial charge in [0.15, 0.2) is 0 Å². The van der Waals surface area contributed by atoms with Crippen molar-refractivity contribution in [2.75, 3.05) is 7.05 Å². The third-order valence-corrected chi connectivity index (χ3v) is 5.15. The van der Waals surface area contributed by atoms with Crippen LogP contribution in [0.1, 0.15) is 52.4 Å². The highest BCUT2D eigenvalue weighted by molar-refractivity contribution is 5.84. The zero-order valence-electron chi connectivity index (χ0n) is 12.7. The smallest absolute Gasteiger partial charge is 0.326 e. The first kappa shape index (κ1) is 15.1. The van der Waals surface area contributed by atoms with Crippen molar-refractivity contribution in [3.05, 3.63) is 0 Å². The number of carbonyl (C=O) groups excluding carboxylic acids is 1. The summed E-state index contributed by atoms with van der Waals surface area (Å²) in [5.41, 5.74) is 0. The van der Waals surface area contributed by atoms with Crippen molar-refractivity contribution in [2.24, 2.45) is 5.92 Å². The highest BCUT2D eigenvalue weighted by Crippen LogP contribution is 2.40. The largest absolute Gasteiger partial charge is 0.480 e. The van der Waals surface area contributed by atoms with E-state index in [4.69, 9.17) is 0 Å². The van der Waals surface area contributed by atoms with E-state index in [1.807, 2.05) is 13.8 Å². The van der Waals surface area contributed by atoms with E-state index in [-0.39, 0.29) is 18.1 Å². The van der Waals surface area contributed by atoms with Crippen LogP contribution in [0.3, 0.4) is 0 Å². The molecule has 1 N–H and O–H groups in total. The Morgan fingerprint density at radius 2 is 2.00 bits per heavy atom. The summed E-state index contributed by atoms with van der Waals surface area (Å²) in [6, 6.07) is -0.480. The molecule has 1 aliphatic heterocycles. The van der Waals surface area contributed by atoms with Crippen LogP contribution in [0, 0.1) is 5.92 Å². The lowest BCUT2D eigenvalue weighted by Gasteiger charge is -2.37. The summed E-state index contributed by atoms with van der Waals surface area (Å²) in [5.74, 6) is -0.482. The summed E-state index contributed by atoms with van der Waals surface area (Å²) in [4.78, 5) is 27.6. The second kappa shape index (κ2) is 6.02. The quantitative estimate of drug-likeness (QED) is 0.865. The van der Waals surface area contributed by atoms with Crippen LogP contribution in [0.4, 0.5) is 4.79 Å². The molecule has 0 radical (unpaired) electrons. The Bertz CT molecular complexity index is 385. The average molecular weight is 282 g/mol. The number of carboxylic acid groups (broad SMARTS) is 1. The van der Waals surface area contributed by atoms with Crippen LogP contribution in [-0.4, -0.2) is 52.1 Å². The van der Waals surface area contributed by atoms with Gasteiger partial charge in [-0.3, -0.25) is 0 Å². The fourth-order valence-electron chi connectivity index (χ4n) is 3.60. The number of fused-ring (bicyclic) bond motifs is 1. The summed E-state index contributed by atoms with van der Waals surface area (Å²) in [6.45, 7) is 4.04. The normalized spacial score (nSPS) is 30.8. The molecule has 5 heteroatoms. The number of urea groups is 1. The minimum Gasteiger partial charge on any atom is -0.480 e. The predicted molar refractivity (Wildman–Crippen MR) is 76.5 cm³/mol. The predicted octanol–water partition coefficient (Wildman–Crippen LogP) is 2.55. The lowest BCUT2D eigenvalue weighted by atomic mass is 9.85. The molecule has 114 valence electrons. The highest BCUT2D eigenvalue weighted by Gasteiger charge is 2.48. The number of hydrogen-bond donors (Lipinski definition) is 1. The summed E-state index contributed by atoms with van der Waals surface area (Å²) >= 11 is 0. The molecular weight excluding hydrogens is 256 g/mol. The van der Waals surface area contributed by atoms with Gasteiger partial charge in [0, 0.05) is 19.1 Å². The first-order valence-electron chi connectivity index (χ1n) is 7.75. The molecule has 4 atom stereocenters. The minimum atomic E-state index is -0.856. The van der Waals surface area contributed by atoms with Gasteiger partial charge in [0.2, 0.25) is 0 Å². The fourth-order valence-corrected chi connectivity index (χ4v) is 3.60. The Morgan fingerprint density at radius 3 is 2.60 bits per heavy atom. The molecule has 2 fully saturated rings. The standard InChI is InChI=1S/C15H26N2O3/c1-4-10(2)16(3)15(20)17-12-8-6-5-7-11(12)9-13(17)14(18)19/h10-13H,4-9H2,1-3H3,(H,18,19). The van der Waals surface area contributed by atoms with Crippen LogP contribution in [0.15, 0.2) is 0 Å². The summed E-state index contributed by atoms with van der Waals surface area (Å²) in [6.07, 6.45) is 5.78. The van der Waals surface area contributed by atoms with Gasteiger partial charge >= 0.3 is 12.0 Å². The number of hydrogen-bond acceptors (Lipinski definition) is 2. The molecule has 0 spiro atoms. The number of aliphatic carboxylic acids is 1. The van der Waals surface area contributed by atoms with Gasteiger partial charge in [-0.2, -0.15) is 0 Å². The van der Waals surface area contributed by atoms with Crippen molar-refractivity contribution < 1.29 is 14.7 Å². The highest BCUT2D eigenvalue weighted by atomic mass is 16.4. The Labute approximate surface area is 120 Å². The summed E-state index contributed by atoms with van der Waals surface area (Å²) < 4.78 is 0. The molecular formula is C15H26N2O3. The molecule has 1 heterocycles. The maximum absolute atomic E-state index is 12.7. The second-order valence-corrected chi connectivity index (χ2v) is 6.26. The topological polar surface area (TPSA) is 60.9 Å². The first-order valence-corrected chi connectivity index (χ1v) is 7.75. The van der Waals surface area contributed by atoms with Gasteiger partial charge in [-0.1, -0.05) is 19.8 Å². The zero-order valence-corrected chi connectivity index (χ0v) is 12.7. The van der Waals surface area contributed by atoms with E-state index in [0.717, 1.165) is 32.1 Å². The zero-order chi connectivity index (χ0) is 14.9. The minimum absolute atomic E-state index is 0.110. The van der Waals surface area contributed by atoms with Gasteiger partial charge in [-0.25, -0.2) is 9.59 Å². The molecule has 20 heavy (non-hydrogen) atoms. The van der Waals surface area contributed by atoms with Crippen LogP contribution in [0.5, 0.6) is 0 Å². The number of likely N-dealkylation sites (tertiary alicyclic amines) is 1. The lowest BCUT2D eigenvalue weighted by Crippen LogP contribution is -2.52. The van der Waals surface area contributed by atoms with E-state index in [1.54, 1.807) is 16.8 Å². The summed E-state index contributed by atoms with van der Waals surface area (Å²) in [5, 5.41) is 9.44. The van der Waals surface area contributed by atoms with E-state index in [9.17, 15) is 14.7 Å². The van der Waals surface area contributed by atoms with Crippen molar-refractivity contribution >= 4 is 12.0 Å². The molecule has 5 nitrogen and oxygen atoms in total. The maximum Gasteiger partial charge on any atom is 0.326 e.